The molecule has 0 unspecified atom stereocenters. The summed E-state index contributed by atoms with van der Waals surface area (Å²) in [6.45, 7) is 0.309. The van der Waals surface area contributed by atoms with Crippen molar-refractivity contribution in [1.29, 1.82) is 0 Å². The normalized spacial score (nSPS) is 11.8. The minimum Gasteiger partial charge on any atom is -0.361 e. The molecule has 2 rings (SSSR count). The molecule has 1 aromatic carbocycles. The van der Waals surface area contributed by atoms with Crippen molar-refractivity contribution in [2.75, 3.05) is 13.1 Å². The molecule has 0 radical (unpaired) electrons. The Kier molecular flexibility index (Phi) is 3.50. The lowest BCUT2D eigenvalue weighted by molar-refractivity contribution is -0.140. The highest BCUT2D eigenvalue weighted by atomic mass is 19.4. The van der Waals surface area contributed by atoms with Gasteiger partial charge >= 0.3 is 6.18 Å². The first kappa shape index (κ1) is 13.5. The standard InChI is InChI=1S/C13H13F3N2O/c1-2-18(8-13(14,15)16)12(19)10-4-3-9-5-6-17-11(9)7-10/h3-7,17H,2,8H2,1H3. The van der Waals surface area contributed by atoms with Crippen LogP contribution < -0.4 is 0 Å². The molecule has 0 aliphatic heterocycles. The molecule has 102 valence electrons. The summed E-state index contributed by atoms with van der Waals surface area (Å²) in [5.41, 5.74) is 0.981. The maximum absolute atomic E-state index is 12.4. The Labute approximate surface area is 108 Å². The molecule has 0 saturated heterocycles. The van der Waals surface area contributed by atoms with Gasteiger partial charge in [-0.15, -0.1) is 0 Å². The number of nitrogens with one attached hydrogen (secondary N) is 1. The van der Waals surface area contributed by atoms with Gasteiger partial charge in [-0.05, 0) is 30.5 Å². The topological polar surface area (TPSA) is 36.1 Å². The Bertz CT molecular complexity index is 589. The molecule has 0 spiro atoms. The lowest BCUT2D eigenvalue weighted by Crippen LogP contribution is -2.38. The molecule has 0 fully saturated rings. The van der Waals surface area contributed by atoms with Crippen LogP contribution in [0.5, 0.6) is 0 Å². The maximum atomic E-state index is 12.4. The highest BCUT2D eigenvalue weighted by Crippen LogP contribution is 2.20. The number of benzene rings is 1. The lowest BCUT2D eigenvalue weighted by Gasteiger charge is -2.22. The van der Waals surface area contributed by atoms with Crippen LogP contribution in [0.4, 0.5) is 13.2 Å². The number of hydrogen-bond acceptors (Lipinski definition) is 1. The Hall–Kier alpha value is -1.98. The van der Waals surface area contributed by atoms with Gasteiger partial charge in [-0.25, -0.2) is 0 Å². The summed E-state index contributed by atoms with van der Waals surface area (Å²) in [6.07, 6.45) is -2.67. The number of carbonyl (C=O) groups excluding carboxylic acids is 1. The van der Waals surface area contributed by atoms with E-state index in [1.54, 1.807) is 18.3 Å². The molecule has 1 aromatic heterocycles. The molecule has 0 saturated carbocycles. The quantitative estimate of drug-likeness (QED) is 0.913. The fourth-order valence-electron chi connectivity index (χ4n) is 1.91. The van der Waals surface area contributed by atoms with E-state index < -0.39 is 18.6 Å². The second-order valence-corrected chi connectivity index (χ2v) is 4.21. The maximum Gasteiger partial charge on any atom is 0.406 e. The minimum atomic E-state index is -4.39. The predicted molar refractivity (Wildman–Crippen MR) is 65.9 cm³/mol. The van der Waals surface area contributed by atoms with E-state index >= 15 is 0 Å². The zero-order chi connectivity index (χ0) is 14.0. The number of aromatic amines is 1. The molecule has 3 nitrogen and oxygen atoms in total. The number of halogens is 3. The third kappa shape index (κ3) is 3.07. The van der Waals surface area contributed by atoms with Crippen molar-refractivity contribution in [3.05, 3.63) is 36.0 Å². The summed E-state index contributed by atoms with van der Waals surface area (Å²) in [6, 6.07) is 6.64. The van der Waals surface area contributed by atoms with Crippen molar-refractivity contribution in [3.63, 3.8) is 0 Å². The van der Waals surface area contributed by atoms with Crippen LogP contribution in [-0.4, -0.2) is 35.1 Å². The summed E-state index contributed by atoms with van der Waals surface area (Å²) in [4.78, 5) is 15.7. The third-order valence-corrected chi connectivity index (χ3v) is 2.84. The van der Waals surface area contributed by atoms with Gasteiger partial charge in [0, 0.05) is 23.8 Å². The monoisotopic (exact) mass is 270 g/mol. The first-order valence-corrected chi connectivity index (χ1v) is 5.84. The van der Waals surface area contributed by atoms with Crippen LogP contribution in [0.2, 0.25) is 0 Å². The SMILES string of the molecule is CCN(CC(F)(F)F)C(=O)c1ccc2cc[nH]c2c1. The molecular formula is C13H13F3N2O. The number of nitrogens with zero attached hydrogens (tertiary/aromatic N) is 1. The molecule has 0 aliphatic carbocycles. The molecule has 1 amide bonds. The first-order valence-electron chi connectivity index (χ1n) is 5.84. The van der Waals surface area contributed by atoms with E-state index in [9.17, 15) is 18.0 Å². The molecule has 0 atom stereocenters. The van der Waals surface area contributed by atoms with Gasteiger partial charge in [-0.3, -0.25) is 4.79 Å². The zero-order valence-electron chi connectivity index (χ0n) is 10.3. The number of carbonyl (C=O) groups is 1. The number of hydrogen-bond donors (Lipinski definition) is 1. The number of amides is 1. The van der Waals surface area contributed by atoms with Gasteiger partial charge < -0.3 is 9.88 Å². The van der Waals surface area contributed by atoms with E-state index in [1.807, 2.05) is 6.07 Å². The van der Waals surface area contributed by atoms with Gasteiger partial charge in [0.1, 0.15) is 6.54 Å². The number of H-pyrrole nitrogens is 1. The molecule has 0 aliphatic rings. The average molecular weight is 270 g/mol. The molecule has 0 bridgehead atoms. The predicted octanol–water partition coefficient (Wildman–Crippen LogP) is 3.19. The molecular weight excluding hydrogens is 257 g/mol. The van der Waals surface area contributed by atoms with Crippen LogP contribution in [0.1, 0.15) is 17.3 Å². The van der Waals surface area contributed by atoms with Crippen LogP contribution in [0.3, 0.4) is 0 Å². The Morgan fingerprint density at radius 2 is 2.05 bits per heavy atom. The molecule has 1 heterocycles. The summed E-state index contributed by atoms with van der Waals surface area (Å²) in [5, 5.41) is 0.912. The van der Waals surface area contributed by atoms with Gasteiger partial charge in [0.05, 0.1) is 0 Å². The van der Waals surface area contributed by atoms with E-state index in [4.69, 9.17) is 0 Å². The number of alkyl halides is 3. The number of aromatic nitrogens is 1. The zero-order valence-corrected chi connectivity index (χ0v) is 10.3. The molecule has 19 heavy (non-hydrogen) atoms. The lowest BCUT2D eigenvalue weighted by atomic mass is 10.1. The van der Waals surface area contributed by atoms with E-state index in [1.165, 1.54) is 13.0 Å². The number of fused-ring (bicyclic) bond motifs is 1. The summed E-state index contributed by atoms with van der Waals surface area (Å²) in [7, 11) is 0. The van der Waals surface area contributed by atoms with E-state index in [-0.39, 0.29) is 12.1 Å². The largest absolute Gasteiger partial charge is 0.406 e. The van der Waals surface area contributed by atoms with Gasteiger partial charge in [0.2, 0.25) is 0 Å². The van der Waals surface area contributed by atoms with Crippen LogP contribution in [0.25, 0.3) is 10.9 Å². The Morgan fingerprint density at radius 1 is 1.32 bits per heavy atom. The van der Waals surface area contributed by atoms with Gasteiger partial charge in [0.15, 0.2) is 0 Å². The van der Waals surface area contributed by atoms with Crippen molar-refractivity contribution in [1.82, 2.24) is 9.88 Å². The fraction of sp³-hybridized carbons (Fsp3) is 0.308. The first-order chi connectivity index (χ1) is 8.90. The Balaban J connectivity index is 2.25. The number of rotatable bonds is 3. The smallest absolute Gasteiger partial charge is 0.361 e. The van der Waals surface area contributed by atoms with Crippen LogP contribution in [0.15, 0.2) is 30.5 Å². The van der Waals surface area contributed by atoms with Crippen molar-refractivity contribution >= 4 is 16.8 Å². The third-order valence-electron chi connectivity index (χ3n) is 2.84. The average Bonchev–Trinajstić information content (AvgIpc) is 2.81. The highest BCUT2D eigenvalue weighted by molar-refractivity contribution is 5.97. The van der Waals surface area contributed by atoms with Crippen LogP contribution in [0, 0.1) is 0 Å². The molecule has 2 aromatic rings. The summed E-state index contributed by atoms with van der Waals surface area (Å²) < 4.78 is 37.1. The second kappa shape index (κ2) is 4.95. The van der Waals surface area contributed by atoms with Crippen molar-refractivity contribution in [2.45, 2.75) is 13.1 Å². The second-order valence-electron chi connectivity index (χ2n) is 4.21. The fourth-order valence-corrected chi connectivity index (χ4v) is 1.91. The molecule has 1 N–H and O–H groups in total. The molecule has 6 heteroatoms. The van der Waals surface area contributed by atoms with Crippen molar-refractivity contribution in [2.24, 2.45) is 0 Å². The van der Waals surface area contributed by atoms with Gasteiger partial charge in [-0.2, -0.15) is 13.2 Å². The highest BCUT2D eigenvalue weighted by Gasteiger charge is 2.32. The van der Waals surface area contributed by atoms with E-state index in [2.05, 4.69) is 4.98 Å². The van der Waals surface area contributed by atoms with Gasteiger partial charge in [-0.1, -0.05) is 6.07 Å². The van der Waals surface area contributed by atoms with Gasteiger partial charge in [0.25, 0.3) is 5.91 Å². The minimum absolute atomic E-state index is 0.0150. The van der Waals surface area contributed by atoms with Crippen LogP contribution in [-0.2, 0) is 0 Å². The van der Waals surface area contributed by atoms with Crippen LogP contribution >= 0.6 is 0 Å². The van der Waals surface area contributed by atoms with Crippen molar-refractivity contribution < 1.29 is 18.0 Å². The Morgan fingerprint density at radius 3 is 2.68 bits per heavy atom. The van der Waals surface area contributed by atoms with E-state index in [0.717, 1.165) is 15.8 Å². The summed E-state index contributed by atoms with van der Waals surface area (Å²) >= 11 is 0. The summed E-state index contributed by atoms with van der Waals surface area (Å²) in [5.74, 6) is -0.615. The van der Waals surface area contributed by atoms with E-state index in [0.29, 0.717) is 0 Å². The van der Waals surface area contributed by atoms with Crippen molar-refractivity contribution in [3.8, 4) is 0 Å².